The fourth-order valence-electron chi connectivity index (χ4n) is 1.06. The molecular formula is C8H15N3O3S. The first-order valence-electron chi connectivity index (χ1n) is 4.47. The van der Waals surface area contributed by atoms with E-state index in [-0.39, 0.29) is 12.4 Å². The quantitative estimate of drug-likeness (QED) is 0.739. The van der Waals surface area contributed by atoms with Crippen LogP contribution >= 0.6 is 0 Å². The van der Waals surface area contributed by atoms with Crippen molar-refractivity contribution >= 4 is 10.0 Å². The van der Waals surface area contributed by atoms with Crippen molar-refractivity contribution in [1.82, 2.24) is 14.5 Å². The van der Waals surface area contributed by atoms with Crippen LogP contribution in [0.2, 0.25) is 0 Å². The van der Waals surface area contributed by atoms with Crippen LogP contribution in [0.4, 0.5) is 0 Å². The molecule has 0 unspecified atom stereocenters. The van der Waals surface area contributed by atoms with Crippen molar-refractivity contribution in [3.63, 3.8) is 0 Å². The highest BCUT2D eigenvalue weighted by Crippen LogP contribution is 2.05. The molecule has 0 saturated heterocycles. The second-order valence-corrected chi connectivity index (χ2v) is 5.37. The third kappa shape index (κ3) is 3.61. The molecule has 0 atom stereocenters. The molecule has 0 aliphatic rings. The van der Waals surface area contributed by atoms with Gasteiger partial charge in [0.15, 0.2) is 0 Å². The SMILES string of the molecule is COCCS(=O)(=O)N(C)Cc1cn[nH]c1. The predicted molar refractivity (Wildman–Crippen MR) is 55.7 cm³/mol. The zero-order valence-corrected chi connectivity index (χ0v) is 9.62. The number of aromatic nitrogens is 2. The Morgan fingerprint density at radius 1 is 1.60 bits per heavy atom. The van der Waals surface area contributed by atoms with E-state index in [1.165, 1.54) is 18.5 Å². The van der Waals surface area contributed by atoms with Crippen molar-refractivity contribution in [2.75, 3.05) is 26.5 Å². The van der Waals surface area contributed by atoms with E-state index in [4.69, 9.17) is 4.74 Å². The van der Waals surface area contributed by atoms with Gasteiger partial charge in [-0.25, -0.2) is 12.7 Å². The molecule has 1 N–H and O–H groups in total. The number of hydrogen-bond acceptors (Lipinski definition) is 4. The fourth-order valence-corrected chi connectivity index (χ4v) is 2.10. The number of nitrogens with zero attached hydrogens (tertiary/aromatic N) is 2. The van der Waals surface area contributed by atoms with E-state index in [0.717, 1.165) is 5.56 Å². The lowest BCUT2D eigenvalue weighted by Gasteiger charge is -2.15. The standard InChI is InChI=1S/C8H15N3O3S/c1-11(7-8-5-9-10-6-8)15(12,13)4-3-14-2/h5-6H,3-4,7H2,1-2H3,(H,9,10). The summed E-state index contributed by atoms with van der Waals surface area (Å²) >= 11 is 0. The molecule has 1 heterocycles. The van der Waals surface area contributed by atoms with Crippen LogP contribution in [0.3, 0.4) is 0 Å². The monoisotopic (exact) mass is 233 g/mol. The molecule has 0 aromatic carbocycles. The molecule has 1 aromatic rings. The minimum Gasteiger partial charge on any atom is -0.384 e. The zero-order chi connectivity index (χ0) is 11.3. The van der Waals surface area contributed by atoms with E-state index < -0.39 is 10.0 Å². The summed E-state index contributed by atoms with van der Waals surface area (Å²) in [5.74, 6) is -0.00213. The largest absolute Gasteiger partial charge is 0.384 e. The molecule has 86 valence electrons. The predicted octanol–water partition coefficient (Wildman–Crippen LogP) is -0.182. The molecule has 1 aromatic heterocycles. The Morgan fingerprint density at radius 2 is 2.33 bits per heavy atom. The second kappa shape index (κ2) is 5.24. The molecule has 6 nitrogen and oxygen atoms in total. The van der Waals surface area contributed by atoms with Gasteiger partial charge in [-0.05, 0) is 0 Å². The molecule has 0 fully saturated rings. The first kappa shape index (κ1) is 12.2. The maximum atomic E-state index is 11.6. The molecular weight excluding hydrogens is 218 g/mol. The van der Waals surface area contributed by atoms with Crippen LogP contribution in [-0.4, -0.2) is 49.4 Å². The van der Waals surface area contributed by atoms with Crippen LogP contribution in [-0.2, 0) is 21.3 Å². The van der Waals surface area contributed by atoms with Crippen LogP contribution in [0, 0.1) is 0 Å². The second-order valence-electron chi connectivity index (χ2n) is 3.17. The first-order chi connectivity index (χ1) is 7.06. The Bertz CT molecular complexity index is 374. The van der Waals surface area contributed by atoms with E-state index in [0.29, 0.717) is 6.54 Å². The van der Waals surface area contributed by atoms with Gasteiger partial charge in [0, 0.05) is 32.5 Å². The van der Waals surface area contributed by atoms with E-state index in [1.807, 2.05) is 0 Å². The number of hydrogen-bond donors (Lipinski definition) is 1. The van der Waals surface area contributed by atoms with Gasteiger partial charge in [-0.1, -0.05) is 0 Å². The van der Waals surface area contributed by atoms with Crippen LogP contribution < -0.4 is 0 Å². The Labute approximate surface area is 89.3 Å². The van der Waals surface area contributed by atoms with Gasteiger partial charge in [0.05, 0.1) is 18.6 Å². The number of sulfonamides is 1. The van der Waals surface area contributed by atoms with Crippen molar-refractivity contribution in [3.05, 3.63) is 18.0 Å². The Hall–Kier alpha value is -0.920. The third-order valence-corrected chi connectivity index (χ3v) is 3.74. The summed E-state index contributed by atoms with van der Waals surface area (Å²) in [6.07, 6.45) is 3.27. The van der Waals surface area contributed by atoms with Crippen molar-refractivity contribution in [2.24, 2.45) is 0 Å². The van der Waals surface area contributed by atoms with E-state index in [2.05, 4.69) is 10.2 Å². The Morgan fingerprint density at radius 3 is 2.87 bits per heavy atom. The molecule has 0 bridgehead atoms. The normalized spacial score (nSPS) is 12.2. The van der Waals surface area contributed by atoms with Gasteiger partial charge in [-0.2, -0.15) is 5.10 Å². The number of methoxy groups -OCH3 is 1. The average molecular weight is 233 g/mol. The summed E-state index contributed by atoms with van der Waals surface area (Å²) in [4.78, 5) is 0. The summed E-state index contributed by atoms with van der Waals surface area (Å²) in [7, 11) is -0.214. The summed E-state index contributed by atoms with van der Waals surface area (Å²) < 4.78 is 29.3. The van der Waals surface area contributed by atoms with E-state index in [1.54, 1.807) is 12.4 Å². The fraction of sp³-hybridized carbons (Fsp3) is 0.625. The molecule has 0 radical (unpaired) electrons. The molecule has 0 aliphatic carbocycles. The van der Waals surface area contributed by atoms with Crippen LogP contribution in [0.25, 0.3) is 0 Å². The van der Waals surface area contributed by atoms with Crippen LogP contribution in [0.5, 0.6) is 0 Å². The maximum Gasteiger partial charge on any atom is 0.216 e. The average Bonchev–Trinajstić information content (AvgIpc) is 2.67. The van der Waals surface area contributed by atoms with Gasteiger partial charge in [0.2, 0.25) is 10.0 Å². The molecule has 15 heavy (non-hydrogen) atoms. The number of aromatic amines is 1. The van der Waals surface area contributed by atoms with Gasteiger partial charge in [-0.3, -0.25) is 5.10 Å². The molecule has 0 spiro atoms. The minimum absolute atomic E-state index is 0.00213. The number of nitrogens with one attached hydrogen (secondary N) is 1. The van der Waals surface area contributed by atoms with Crippen molar-refractivity contribution in [3.8, 4) is 0 Å². The lowest BCUT2D eigenvalue weighted by molar-refractivity contribution is 0.215. The van der Waals surface area contributed by atoms with E-state index >= 15 is 0 Å². The highest BCUT2D eigenvalue weighted by Gasteiger charge is 2.17. The molecule has 0 saturated carbocycles. The number of rotatable bonds is 6. The van der Waals surface area contributed by atoms with Crippen LogP contribution in [0.15, 0.2) is 12.4 Å². The lowest BCUT2D eigenvalue weighted by atomic mass is 10.4. The van der Waals surface area contributed by atoms with Gasteiger partial charge in [-0.15, -0.1) is 0 Å². The van der Waals surface area contributed by atoms with Crippen molar-refractivity contribution in [1.29, 1.82) is 0 Å². The van der Waals surface area contributed by atoms with Gasteiger partial charge < -0.3 is 4.74 Å². The summed E-state index contributed by atoms with van der Waals surface area (Å²) in [6, 6.07) is 0. The van der Waals surface area contributed by atoms with Gasteiger partial charge in [0.25, 0.3) is 0 Å². The third-order valence-electron chi connectivity index (χ3n) is 1.98. The summed E-state index contributed by atoms with van der Waals surface area (Å²) in [5, 5.41) is 6.38. The molecule has 7 heteroatoms. The number of ether oxygens (including phenoxy) is 1. The Kier molecular flexibility index (Phi) is 4.25. The molecule has 0 amide bonds. The van der Waals surface area contributed by atoms with Crippen LogP contribution in [0.1, 0.15) is 5.56 Å². The van der Waals surface area contributed by atoms with Crippen molar-refractivity contribution < 1.29 is 13.2 Å². The minimum atomic E-state index is -3.23. The van der Waals surface area contributed by atoms with E-state index in [9.17, 15) is 8.42 Å². The first-order valence-corrected chi connectivity index (χ1v) is 6.08. The Balaban J connectivity index is 2.56. The van der Waals surface area contributed by atoms with Crippen molar-refractivity contribution in [2.45, 2.75) is 6.54 Å². The highest BCUT2D eigenvalue weighted by atomic mass is 32.2. The lowest BCUT2D eigenvalue weighted by Crippen LogP contribution is -2.30. The summed E-state index contributed by atoms with van der Waals surface area (Å²) in [6.45, 7) is 0.528. The van der Waals surface area contributed by atoms with Gasteiger partial charge in [0.1, 0.15) is 0 Å². The number of H-pyrrole nitrogens is 1. The highest BCUT2D eigenvalue weighted by molar-refractivity contribution is 7.89. The molecule has 1 rings (SSSR count). The summed E-state index contributed by atoms with van der Waals surface area (Å²) in [5.41, 5.74) is 0.832. The van der Waals surface area contributed by atoms with Gasteiger partial charge >= 0.3 is 0 Å². The zero-order valence-electron chi connectivity index (χ0n) is 8.80. The molecule has 0 aliphatic heterocycles. The maximum absolute atomic E-state index is 11.6. The smallest absolute Gasteiger partial charge is 0.216 e. The topological polar surface area (TPSA) is 75.3 Å².